The standard InChI is InChI=1S/C34H47N3O3/c1-6-7-19-37-22-30(33(38)35-18-20-36(4)5)29-15-11-14-28(32(29)37)24(3)31(25-12-9-8-10-13-25)27-17-16-26(34(39)40)21-23(27)2/h11,14-17,21-22,24-25,31H,6-10,12-13,18-20H2,1-5H3,(H,35,38)(H,39,40). The third-order valence-corrected chi connectivity index (χ3v) is 8.83. The molecule has 1 heterocycles. The van der Waals surface area contributed by atoms with Gasteiger partial charge in [0.15, 0.2) is 0 Å². The predicted molar refractivity (Wildman–Crippen MR) is 164 cm³/mol. The maximum atomic E-state index is 13.4. The molecule has 1 fully saturated rings. The Labute approximate surface area is 239 Å². The van der Waals surface area contributed by atoms with Crippen LogP contribution in [0.25, 0.3) is 10.9 Å². The molecule has 6 nitrogen and oxygen atoms in total. The van der Waals surface area contributed by atoms with Crippen molar-refractivity contribution in [1.82, 2.24) is 14.8 Å². The molecule has 1 aromatic heterocycles. The highest BCUT2D eigenvalue weighted by atomic mass is 16.4. The van der Waals surface area contributed by atoms with Crippen molar-refractivity contribution in [3.63, 3.8) is 0 Å². The van der Waals surface area contributed by atoms with Crippen molar-refractivity contribution in [2.45, 2.75) is 84.1 Å². The minimum absolute atomic E-state index is 0.0177. The largest absolute Gasteiger partial charge is 0.478 e. The van der Waals surface area contributed by atoms with E-state index in [4.69, 9.17) is 0 Å². The van der Waals surface area contributed by atoms with Gasteiger partial charge in [-0.3, -0.25) is 4.79 Å². The summed E-state index contributed by atoms with van der Waals surface area (Å²) < 4.78 is 2.31. The fourth-order valence-electron chi connectivity index (χ4n) is 6.73. The third kappa shape index (κ3) is 6.60. The number of carboxylic acids is 1. The number of hydrogen-bond acceptors (Lipinski definition) is 3. The average molecular weight is 546 g/mol. The molecule has 2 unspecified atom stereocenters. The molecule has 0 radical (unpaired) electrons. The van der Waals surface area contributed by atoms with Gasteiger partial charge in [-0.15, -0.1) is 0 Å². The molecule has 216 valence electrons. The summed E-state index contributed by atoms with van der Waals surface area (Å²) in [4.78, 5) is 27.1. The van der Waals surface area contributed by atoms with Gasteiger partial charge in [0.1, 0.15) is 0 Å². The van der Waals surface area contributed by atoms with Crippen LogP contribution in [0, 0.1) is 12.8 Å². The van der Waals surface area contributed by atoms with E-state index >= 15 is 0 Å². The lowest BCUT2D eigenvalue weighted by atomic mass is 9.68. The van der Waals surface area contributed by atoms with Crippen LogP contribution in [0.15, 0.2) is 42.6 Å². The Balaban J connectivity index is 1.81. The van der Waals surface area contributed by atoms with Crippen LogP contribution >= 0.6 is 0 Å². The van der Waals surface area contributed by atoms with E-state index in [9.17, 15) is 14.7 Å². The van der Waals surface area contributed by atoms with Crippen LogP contribution in [-0.2, 0) is 6.54 Å². The number of fused-ring (bicyclic) bond motifs is 1. The highest BCUT2D eigenvalue weighted by Gasteiger charge is 2.33. The number of amides is 1. The highest BCUT2D eigenvalue weighted by Crippen LogP contribution is 2.47. The fraction of sp³-hybridized carbons (Fsp3) is 0.529. The van der Waals surface area contributed by atoms with Crippen LogP contribution in [0.3, 0.4) is 0 Å². The fourth-order valence-corrected chi connectivity index (χ4v) is 6.73. The van der Waals surface area contributed by atoms with Gasteiger partial charge >= 0.3 is 5.97 Å². The zero-order valence-corrected chi connectivity index (χ0v) is 25.0. The first-order valence-electron chi connectivity index (χ1n) is 15.1. The number of nitrogens with zero attached hydrogens (tertiary/aromatic N) is 2. The van der Waals surface area contributed by atoms with Crippen molar-refractivity contribution in [1.29, 1.82) is 0 Å². The van der Waals surface area contributed by atoms with Gasteiger partial charge < -0.3 is 19.9 Å². The lowest BCUT2D eigenvalue weighted by Crippen LogP contribution is -2.31. The lowest BCUT2D eigenvalue weighted by Gasteiger charge is -2.36. The highest BCUT2D eigenvalue weighted by molar-refractivity contribution is 6.07. The second-order valence-electron chi connectivity index (χ2n) is 12.0. The Morgan fingerprint density at radius 1 is 1.10 bits per heavy atom. The van der Waals surface area contributed by atoms with Gasteiger partial charge in [0, 0.05) is 31.2 Å². The number of aromatic carboxylic acids is 1. The van der Waals surface area contributed by atoms with E-state index in [1.54, 1.807) is 6.07 Å². The summed E-state index contributed by atoms with van der Waals surface area (Å²) in [5, 5.41) is 13.7. The third-order valence-electron chi connectivity index (χ3n) is 8.83. The normalized spacial score (nSPS) is 15.8. The van der Waals surface area contributed by atoms with Gasteiger partial charge in [0.25, 0.3) is 5.91 Å². The molecule has 40 heavy (non-hydrogen) atoms. The Bertz CT molecular complexity index is 1320. The van der Waals surface area contributed by atoms with E-state index in [1.807, 2.05) is 20.2 Å². The number of nitrogens with one attached hydrogen (secondary N) is 1. The van der Waals surface area contributed by atoms with Gasteiger partial charge in [0.2, 0.25) is 0 Å². The number of carboxylic acid groups (broad SMARTS) is 1. The number of rotatable bonds is 12. The molecule has 2 atom stereocenters. The first-order valence-corrected chi connectivity index (χ1v) is 15.1. The quantitative estimate of drug-likeness (QED) is 0.252. The summed E-state index contributed by atoms with van der Waals surface area (Å²) >= 11 is 0. The van der Waals surface area contributed by atoms with Crippen molar-refractivity contribution in [3.8, 4) is 0 Å². The summed E-state index contributed by atoms with van der Waals surface area (Å²) in [7, 11) is 4.02. The SMILES string of the molecule is CCCCn1cc(C(=O)NCCN(C)C)c2cccc(C(C)C(c3ccc(C(=O)O)cc3C)C3CCCCC3)c21. The summed E-state index contributed by atoms with van der Waals surface area (Å²) in [5.74, 6) is 0.130. The van der Waals surface area contributed by atoms with Gasteiger partial charge in [-0.2, -0.15) is 0 Å². The number of aromatic nitrogens is 1. The molecular formula is C34H47N3O3. The second-order valence-corrected chi connectivity index (χ2v) is 12.0. The summed E-state index contributed by atoms with van der Waals surface area (Å²) in [6.45, 7) is 8.89. The summed E-state index contributed by atoms with van der Waals surface area (Å²) in [6, 6.07) is 12.1. The predicted octanol–water partition coefficient (Wildman–Crippen LogP) is 7.21. The van der Waals surface area contributed by atoms with Crippen LogP contribution in [0.1, 0.15) is 108 Å². The smallest absolute Gasteiger partial charge is 0.335 e. The minimum Gasteiger partial charge on any atom is -0.478 e. The molecule has 2 N–H and O–H groups in total. The van der Waals surface area contributed by atoms with Crippen molar-refractivity contribution in [2.75, 3.05) is 27.2 Å². The van der Waals surface area contributed by atoms with Crippen LogP contribution in [0.2, 0.25) is 0 Å². The Morgan fingerprint density at radius 3 is 2.50 bits per heavy atom. The number of likely N-dealkylation sites (N-methyl/N-ethyl adjacent to an activating group) is 1. The van der Waals surface area contributed by atoms with Crippen LogP contribution < -0.4 is 5.32 Å². The molecule has 1 aliphatic rings. The molecule has 1 saturated carbocycles. The number of hydrogen-bond donors (Lipinski definition) is 2. The van der Waals surface area contributed by atoms with E-state index < -0.39 is 5.97 Å². The molecule has 3 aromatic rings. The molecule has 0 saturated heterocycles. The van der Waals surface area contributed by atoms with Gasteiger partial charge in [-0.25, -0.2) is 4.79 Å². The van der Waals surface area contributed by atoms with Crippen LogP contribution in [0.4, 0.5) is 0 Å². The molecule has 2 aromatic carbocycles. The Hall–Kier alpha value is -3.12. The van der Waals surface area contributed by atoms with Crippen LogP contribution in [0.5, 0.6) is 0 Å². The van der Waals surface area contributed by atoms with Gasteiger partial charge in [-0.05, 0) is 86.9 Å². The Kier molecular flexibility index (Phi) is 10.1. The van der Waals surface area contributed by atoms with E-state index in [1.165, 1.54) is 48.7 Å². The Morgan fingerprint density at radius 2 is 1.85 bits per heavy atom. The summed E-state index contributed by atoms with van der Waals surface area (Å²) in [5.41, 5.74) is 5.85. The molecule has 0 spiro atoms. The molecule has 1 amide bonds. The number of aryl methyl sites for hydroxylation is 2. The van der Waals surface area contributed by atoms with Gasteiger partial charge in [-0.1, -0.05) is 63.8 Å². The molecule has 6 heteroatoms. The zero-order chi connectivity index (χ0) is 28.8. The number of para-hydroxylation sites is 1. The minimum atomic E-state index is -0.883. The van der Waals surface area contributed by atoms with E-state index in [0.717, 1.165) is 42.4 Å². The maximum absolute atomic E-state index is 13.4. The van der Waals surface area contributed by atoms with Crippen molar-refractivity contribution >= 4 is 22.8 Å². The van der Waals surface area contributed by atoms with E-state index in [-0.39, 0.29) is 17.7 Å². The topological polar surface area (TPSA) is 74.6 Å². The molecule has 1 aliphatic carbocycles. The van der Waals surface area contributed by atoms with Crippen molar-refractivity contribution in [3.05, 3.63) is 70.4 Å². The van der Waals surface area contributed by atoms with Crippen LogP contribution in [-0.4, -0.2) is 53.6 Å². The molecular weight excluding hydrogens is 498 g/mol. The molecule has 4 rings (SSSR count). The monoisotopic (exact) mass is 545 g/mol. The van der Waals surface area contributed by atoms with Crippen molar-refractivity contribution in [2.24, 2.45) is 5.92 Å². The summed E-state index contributed by atoms with van der Waals surface area (Å²) in [6.07, 6.45) is 10.4. The average Bonchev–Trinajstić information content (AvgIpc) is 3.32. The number of carbonyl (C=O) groups is 2. The van der Waals surface area contributed by atoms with E-state index in [0.29, 0.717) is 18.0 Å². The lowest BCUT2D eigenvalue weighted by molar-refractivity contribution is 0.0696. The first-order chi connectivity index (χ1) is 19.2. The van der Waals surface area contributed by atoms with Gasteiger partial charge in [0.05, 0.1) is 16.6 Å². The van der Waals surface area contributed by atoms with E-state index in [2.05, 4.69) is 66.0 Å². The first kappa shape index (κ1) is 29.9. The number of carbonyl (C=O) groups excluding carboxylic acids is 1. The zero-order valence-electron chi connectivity index (χ0n) is 25.0. The molecule has 0 aliphatic heterocycles. The van der Waals surface area contributed by atoms with Crippen molar-refractivity contribution < 1.29 is 14.7 Å². The number of unbranched alkanes of at least 4 members (excludes halogenated alkanes) is 1. The maximum Gasteiger partial charge on any atom is 0.335 e. The number of benzene rings is 2. The molecule has 0 bridgehead atoms. The second kappa shape index (κ2) is 13.5.